The normalized spacial score (nSPS) is 12.7. The quantitative estimate of drug-likeness (QED) is 0.905. The van der Waals surface area contributed by atoms with Crippen molar-refractivity contribution in [2.24, 2.45) is 5.73 Å². The molecule has 0 aliphatic heterocycles. The first-order valence-electron chi connectivity index (χ1n) is 6.81. The van der Waals surface area contributed by atoms with Gasteiger partial charge in [-0.05, 0) is 37.2 Å². The van der Waals surface area contributed by atoms with Crippen molar-refractivity contribution in [3.8, 4) is 0 Å². The van der Waals surface area contributed by atoms with Gasteiger partial charge in [-0.1, -0.05) is 42.0 Å². The van der Waals surface area contributed by atoms with E-state index in [0.29, 0.717) is 6.54 Å². The van der Waals surface area contributed by atoms with Gasteiger partial charge in [-0.15, -0.1) is 0 Å². The standard InChI is InChI=1S/C17H21FN2/c1-13-4-3-5-14(10-13)12-20(2)17(11-19)15-6-8-16(18)9-7-15/h3-10,17H,11-12,19H2,1-2H3. The summed E-state index contributed by atoms with van der Waals surface area (Å²) >= 11 is 0. The molecule has 2 aromatic carbocycles. The Morgan fingerprint density at radius 3 is 2.45 bits per heavy atom. The first kappa shape index (κ1) is 14.7. The average Bonchev–Trinajstić information content (AvgIpc) is 2.42. The number of aryl methyl sites for hydroxylation is 1. The molecular weight excluding hydrogens is 251 g/mol. The van der Waals surface area contributed by atoms with E-state index in [0.717, 1.165) is 12.1 Å². The third-order valence-corrected chi connectivity index (χ3v) is 3.52. The molecule has 2 aromatic rings. The highest BCUT2D eigenvalue weighted by molar-refractivity contribution is 5.24. The Balaban J connectivity index is 2.13. The first-order chi connectivity index (χ1) is 9.60. The maximum atomic E-state index is 13.0. The molecule has 20 heavy (non-hydrogen) atoms. The third kappa shape index (κ3) is 3.65. The fraction of sp³-hybridized carbons (Fsp3) is 0.294. The van der Waals surface area contributed by atoms with Crippen LogP contribution in [0, 0.1) is 12.7 Å². The van der Waals surface area contributed by atoms with Crippen molar-refractivity contribution in [3.05, 3.63) is 71.0 Å². The molecular formula is C17H21FN2. The summed E-state index contributed by atoms with van der Waals surface area (Å²) < 4.78 is 13.0. The first-order valence-corrected chi connectivity index (χ1v) is 6.81. The zero-order valence-electron chi connectivity index (χ0n) is 12.0. The number of nitrogens with two attached hydrogens (primary N) is 1. The molecule has 0 heterocycles. The van der Waals surface area contributed by atoms with Gasteiger partial charge in [0, 0.05) is 19.1 Å². The predicted octanol–water partition coefficient (Wildman–Crippen LogP) is 3.27. The minimum atomic E-state index is -0.217. The van der Waals surface area contributed by atoms with Gasteiger partial charge in [0.15, 0.2) is 0 Å². The molecule has 0 aliphatic rings. The van der Waals surface area contributed by atoms with Crippen LogP contribution in [0.1, 0.15) is 22.7 Å². The lowest BCUT2D eigenvalue weighted by molar-refractivity contribution is 0.241. The molecule has 1 unspecified atom stereocenters. The minimum Gasteiger partial charge on any atom is -0.329 e. The van der Waals surface area contributed by atoms with Gasteiger partial charge in [0.25, 0.3) is 0 Å². The molecule has 2 nitrogen and oxygen atoms in total. The van der Waals surface area contributed by atoms with Gasteiger partial charge in [0.2, 0.25) is 0 Å². The van der Waals surface area contributed by atoms with Crippen LogP contribution < -0.4 is 5.73 Å². The van der Waals surface area contributed by atoms with Crippen molar-refractivity contribution >= 4 is 0 Å². The topological polar surface area (TPSA) is 29.3 Å². The van der Waals surface area contributed by atoms with Crippen molar-refractivity contribution < 1.29 is 4.39 Å². The fourth-order valence-corrected chi connectivity index (χ4v) is 2.46. The van der Waals surface area contributed by atoms with Crippen LogP contribution in [-0.2, 0) is 6.54 Å². The summed E-state index contributed by atoms with van der Waals surface area (Å²) in [7, 11) is 2.04. The van der Waals surface area contributed by atoms with Crippen LogP contribution >= 0.6 is 0 Å². The molecule has 0 saturated heterocycles. The Kier molecular flexibility index (Phi) is 4.88. The molecule has 106 valence electrons. The summed E-state index contributed by atoms with van der Waals surface area (Å²) in [5, 5.41) is 0. The van der Waals surface area contributed by atoms with Crippen LogP contribution in [0.3, 0.4) is 0 Å². The molecule has 0 bridgehead atoms. The monoisotopic (exact) mass is 272 g/mol. The number of halogens is 1. The van der Waals surface area contributed by atoms with Crippen molar-refractivity contribution in [1.29, 1.82) is 0 Å². The van der Waals surface area contributed by atoms with Crippen LogP contribution in [0.2, 0.25) is 0 Å². The summed E-state index contributed by atoms with van der Waals surface area (Å²) in [5.41, 5.74) is 9.45. The van der Waals surface area contributed by atoms with Crippen molar-refractivity contribution in [1.82, 2.24) is 4.90 Å². The summed E-state index contributed by atoms with van der Waals surface area (Å²) in [6.45, 7) is 3.42. The second-order valence-electron chi connectivity index (χ2n) is 5.21. The van der Waals surface area contributed by atoms with E-state index < -0.39 is 0 Å². The zero-order valence-corrected chi connectivity index (χ0v) is 12.0. The van der Waals surface area contributed by atoms with Crippen molar-refractivity contribution in [2.75, 3.05) is 13.6 Å². The smallest absolute Gasteiger partial charge is 0.123 e. The Labute approximate surface area is 120 Å². The third-order valence-electron chi connectivity index (χ3n) is 3.52. The van der Waals surface area contributed by atoms with E-state index >= 15 is 0 Å². The van der Waals surface area contributed by atoms with Crippen LogP contribution in [0.4, 0.5) is 4.39 Å². The van der Waals surface area contributed by atoms with Gasteiger partial charge in [0.05, 0.1) is 0 Å². The van der Waals surface area contributed by atoms with E-state index in [1.54, 1.807) is 12.1 Å². The molecule has 0 amide bonds. The summed E-state index contributed by atoms with van der Waals surface area (Å²) in [5.74, 6) is -0.217. The molecule has 0 aromatic heterocycles. The second-order valence-corrected chi connectivity index (χ2v) is 5.21. The lowest BCUT2D eigenvalue weighted by atomic mass is 10.0. The lowest BCUT2D eigenvalue weighted by Gasteiger charge is -2.27. The van der Waals surface area contributed by atoms with Gasteiger partial charge < -0.3 is 5.73 Å². The van der Waals surface area contributed by atoms with Gasteiger partial charge in [-0.25, -0.2) is 4.39 Å². The highest BCUT2D eigenvalue weighted by Gasteiger charge is 2.15. The number of benzene rings is 2. The van der Waals surface area contributed by atoms with Crippen LogP contribution in [0.25, 0.3) is 0 Å². The van der Waals surface area contributed by atoms with Crippen LogP contribution in [-0.4, -0.2) is 18.5 Å². The molecule has 1 atom stereocenters. The molecule has 3 heteroatoms. The van der Waals surface area contributed by atoms with Crippen molar-refractivity contribution in [3.63, 3.8) is 0 Å². The minimum absolute atomic E-state index is 0.0936. The maximum absolute atomic E-state index is 13.0. The number of likely N-dealkylation sites (N-methyl/N-ethyl adjacent to an activating group) is 1. The lowest BCUT2D eigenvalue weighted by Crippen LogP contribution is -2.30. The molecule has 0 radical (unpaired) electrons. The Hall–Kier alpha value is -1.71. The molecule has 0 spiro atoms. The molecule has 2 rings (SSSR count). The van der Waals surface area contributed by atoms with E-state index in [9.17, 15) is 4.39 Å². The summed E-state index contributed by atoms with van der Waals surface area (Å²) in [6, 6.07) is 15.1. The van der Waals surface area contributed by atoms with Gasteiger partial charge >= 0.3 is 0 Å². The number of nitrogens with zero attached hydrogens (tertiary/aromatic N) is 1. The maximum Gasteiger partial charge on any atom is 0.123 e. The van der Waals surface area contributed by atoms with E-state index in [1.807, 2.05) is 7.05 Å². The molecule has 0 fully saturated rings. The fourth-order valence-electron chi connectivity index (χ4n) is 2.46. The Morgan fingerprint density at radius 1 is 1.15 bits per heavy atom. The van der Waals surface area contributed by atoms with E-state index in [-0.39, 0.29) is 11.9 Å². The summed E-state index contributed by atoms with van der Waals surface area (Å²) in [4.78, 5) is 2.20. The molecule has 2 N–H and O–H groups in total. The average molecular weight is 272 g/mol. The highest BCUT2D eigenvalue weighted by Crippen LogP contribution is 2.21. The molecule has 0 saturated carbocycles. The SMILES string of the molecule is Cc1cccc(CN(C)C(CN)c2ccc(F)cc2)c1. The van der Waals surface area contributed by atoms with Crippen molar-refractivity contribution in [2.45, 2.75) is 19.5 Å². The Bertz CT molecular complexity index is 551. The zero-order chi connectivity index (χ0) is 14.5. The van der Waals surface area contributed by atoms with Gasteiger partial charge in [-0.3, -0.25) is 4.90 Å². The second kappa shape index (κ2) is 6.64. The number of hydrogen-bond donors (Lipinski definition) is 1. The van der Waals surface area contributed by atoms with Crippen LogP contribution in [0.15, 0.2) is 48.5 Å². The molecule has 0 aliphatic carbocycles. The number of hydrogen-bond acceptors (Lipinski definition) is 2. The largest absolute Gasteiger partial charge is 0.329 e. The summed E-state index contributed by atoms with van der Waals surface area (Å²) in [6.07, 6.45) is 0. The highest BCUT2D eigenvalue weighted by atomic mass is 19.1. The number of rotatable bonds is 5. The van der Waals surface area contributed by atoms with Gasteiger partial charge in [0.1, 0.15) is 5.82 Å². The van der Waals surface area contributed by atoms with E-state index in [4.69, 9.17) is 5.73 Å². The van der Waals surface area contributed by atoms with Gasteiger partial charge in [-0.2, -0.15) is 0 Å². The van der Waals surface area contributed by atoms with Crippen LogP contribution in [0.5, 0.6) is 0 Å². The Morgan fingerprint density at radius 2 is 1.85 bits per heavy atom. The predicted molar refractivity (Wildman–Crippen MR) is 80.8 cm³/mol. The van der Waals surface area contributed by atoms with E-state index in [1.165, 1.54) is 23.3 Å². The van der Waals surface area contributed by atoms with E-state index in [2.05, 4.69) is 36.1 Å².